The highest BCUT2D eigenvalue weighted by Gasteiger charge is 2.21. The van der Waals surface area contributed by atoms with Gasteiger partial charge in [-0.2, -0.15) is 8.78 Å². The quantitative estimate of drug-likeness (QED) is 0.732. The number of hydrogen-bond acceptors (Lipinski definition) is 7. The lowest BCUT2D eigenvalue weighted by Gasteiger charge is -2.30. The summed E-state index contributed by atoms with van der Waals surface area (Å²) in [6, 6.07) is 4.60. The van der Waals surface area contributed by atoms with Crippen LogP contribution < -0.4 is 15.8 Å². The summed E-state index contributed by atoms with van der Waals surface area (Å²) in [5.41, 5.74) is 7.29. The first-order chi connectivity index (χ1) is 13.8. The molecule has 29 heavy (non-hydrogen) atoms. The third-order valence-corrected chi connectivity index (χ3v) is 4.69. The lowest BCUT2D eigenvalue weighted by atomic mass is 10.1. The normalized spacial score (nSPS) is 18.1. The van der Waals surface area contributed by atoms with Gasteiger partial charge in [0.2, 0.25) is 5.95 Å². The van der Waals surface area contributed by atoms with Crippen LogP contribution in [0.5, 0.6) is 5.75 Å². The summed E-state index contributed by atoms with van der Waals surface area (Å²) in [5, 5.41) is 11.9. The Labute approximate surface area is 172 Å². The van der Waals surface area contributed by atoms with Crippen molar-refractivity contribution in [2.75, 3.05) is 25.5 Å². The lowest BCUT2D eigenvalue weighted by molar-refractivity contribution is -0.0494. The molecule has 0 amide bonds. The first kappa shape index (κ1) is 21.2. The SMILES string of the molecule is CC(N)=Cc1nc(NC2CCCN(C)C2)nnc1-c1ccc(Cl)cc1OC(F)F. The molecule has 1 aliphatic rings. The van der Waals surface area contributed by atoms with Gasteiger partial charge in [0.15, 0.2) is 0 Å². The van der Waals surface area contributed by atoms with E-state index in [0.29, 0.717) is 22.9 Å². The Morgan fingerprint density at radius 1 is 1.41 bits per heavy atom. The molecule has 1 aromatic heterocycles. The second-order valence-electron chi connectivity index (χ2n) is 7.02. The summed E-state index contributed by atoms with van der Waals surface area (Å²) in [5.74, 6) is 0.245. The van der Waals surface area contributed by atoms with Crippen LogP contribution in [-0.4, -0.2) is 52.9 Å². The fourth-order valence-corrected chi connectivity index (χ4v) is 3.42. The number of benzene rings is 1. The number of rotatable bonds is 6. The van der Waals surface area contributed by atoms with Gasteiger partial charge in [-0.1, -0.05) is 11.6 Å². The lowest BCUT2D eigenvalue weighted by Crippen LogP contribution is -2.40. The van der Waals surface area contributed by atoms with E-state index in [1.54, 1.807) is 19.1 Å². The first-order valence-corrected chi connectivity index (χ1v) is 9.58. The van der Waals surface area contributed by atoms with Crippen molar-refractivity contribution in [3.63, 3.8) is 0 Å². The molecular formula is C19H23ClF2N6O. The van der Waals surface area contributed by atoms with Gasteiger partial charge in [0.1, 0.15) is 11.4 Å². The number of nitrogens with two attached hydrogens (primary N) is 1. The van der Waals surface area contributed by atoms with Crippen LogP contribution in [0.15, 0.2) is 23.9 Å². The summed E-state index contributed by atoms with van der Waals surface area (Å²) in [7, 11) is 2.06. The number of alkyl halides is 2. The monoisotopic (exact) mass is 424 g/mol. The largest absolute Gasteiger partial charge is 0.434 e. The van der Waals surface area contributed by atoms with Gasteiger partial charge in [0.05, 0.1) is 5.69 Å². The fraction of sp³-hybridized carbons (Fsp3) is 0.421. The molecule has 3 N–H and O–H groups in total. The average molecular weight is 425 g/mol. The van der Waals surface area contributed by atoms with Gasteiger partial charge in [-0.05, 0) is 57.6 Å². The molecule has 2 heterocycles. The number of piperidine rings is 1. The second kappa shape index (κ2) is 9.32. The number of hydrogen-bond donors (Lipinski definition) is 2. The van der Waals surface area contributed by atoms with E-state index in [-0.39, 0.29) is 22.5 Å². The van der Waals surface area contributed by atoms with E-state index < -0.39 is 6.61 Å². The smallest absolute Gasteiger partial charge is 0.387 e. The zero-order chi connectivity index (χ0) is 21.0. The van der Waals surface area contributed by atoms with Gasteiger partial charge < -0.3 is 20.7 Å². The van der Waals surface area contributed by atoms with E-state index in [9.17, 15) is 8.78 Å². The van der Waals surface area contributed by atoms with Crippen LogP contribution in [0.25, 0.3) is 17.3 Å². The summed E-state index contributed by atoms with van der Waals surface area (Å²) in [6.07, 6.45) is 3.69. The van der Waals surface area contributed by atoms with E-state index in [1.165, 1.54) is 12.1 Å². The van der Waals surface area contributed by atoms with Gasteiger partial charge >= 0.3 is 6.61 Å². The van der Waals surface area contributed by atoms with Crippen LogP contribution in [0.2, 0.25) is 5.02 Å². The molecule has 0 saturated carbocycles. The third-order valence-electron chi connectivity index (χ3n) is 4.45. The average Bonchev–Trinajstić information content (AvgIpc) is 2.62. The highest BCUT2D eigenvalue weighted by molar-refractivity contribution is 6.30. The van der Waals surface area contributed by atoms with Crippen molar-refractivity contribution in [2.24, 2.45) is 5.73 Å². The second-order valence-corrected chi connectivity index (χ2v) is 7.46. The Hall–Kier alpha value is -2.52. The molecule has 7 nitrogen and oxygen atoms in total. The molecule has 0 bridgehead atoms. The zero-order valence-corrected chi connectivity index (χ0v) is 17.0. The van der Waals surface area contributed by atoms with Gasteiger partial charge in [-0.25, -0.2) is 4.98 Å². The van der Waals surface area contributed by atoms with Crippen LogP contribution in [0.4, 0.5) is 14.7 Å². The molecule has 1 fully saturated rings. The summed E-state index contributed by atoms with van der Waals surface area (Å²) in [6.45, 7) is 0.621. The van der Waals surface area contributed by atoms with E-state index in [2.05, 4.69) is 37.2 Å². The van der Waals surface area contributed by atoms with Crippen LogP contribution in [0, 0.1) is 0 Å². The minimum Gasteiger partial charge on any atom is -0.434 e. The molecule has 156 valence electrons. The Bertz CT molecular complexity index is 891. The van der Waals surface area contributed by atoms with Gasteiger partial charge in [-0.15, -0.1) is 10.2 Å². The number of ether oxygens (including phenoxy) is 1. The number of halogens is 3. The van der Waals surface area contributed by atoms with Crippen LogP contribution in [0.1, 0.15) is 25.5 Å². The van der Waals surface area contributed by atoms with Crippen molar-refractivity contribution < 1.29 is 13.5 Å². The molecular weight excluding hydrogens is 402 g/mol. The minimum absolute atomic E-state index is 0.109. The van der Waals surface area contributed by atoms with Gasteiger partial charge in [0, 0.05) is 28.9 Å². The van der Waals surface area contributed by atoms with E-state index in [0.717, 1.165) is 25.9 Å². The zero-order valence-electron chi connectivity index (χ0n) is 16.2. The van der Waals surface area contributed by atoms with E-state index >= 15 is 0 Å². The number of anilines is 1. The molecule has 1 aliphatic heterocycles. The van der Waals surface area contributed by atoms with E-state index in [1.807, 2.05) is 0 Å². The predicted octanol–water partition coefficient (Wildman–Crippen LogP) is 3.62. The van der Waals surface area contributed by atoms with E-state index in [4.69, 9.17) is 17.3 Å². The third kappa shape index (κ3) is 5.74. The van der Waals surface area contributed by atoms with Crippen molar-refractivity contribution in [3.05, 3.63) is 34.6 Å². The van der Waals surface area contributed by atoms with Crippen molar-refractivity contribution in [1.82, 2.24) is 20.1 Å². The molecule has 2 aromatic rings. The topological polar surface area (TPSA) is 89.2 Å². The maximum atomic E-state index is 12.9. The van der Waals surface area contributed by atoms with Crippen molar-refractivity contribution in [2.45, 2.75) is 32.4 Å². The van der Waals surface area contributed by atoms with Gasteiger partial charge in [-0.3, -0.25) is 0 Å². The van der Waals surface area contributed by atoms with Crippen LogP contribution in [0.3, 0.4) is 0 Å². The highest BCUT2D eigenvalue weighted by Crippen LogP contribution is 2.34. The van der Waals surface area contributed by atoms with Crippen molar-refractivity contribution >= 4 is 23.6 Å². The molecule has 10 heteroatoms. The number of allylic oxidation sites excluding steroid dienone is 1. The number of nitrogens with one attached hydrogen (secondary N) is 1. The minimum atomic E-state index is -3.01. The molecule has 0 radical (unpaired) electrons. The molecule has 0 aliphatic carbocycles. The molecule has 3 rings (SSSR count). The Balaban J connectivity index is 1.98. The number of nitrogens with zero attached hydrogens (tertiary/aromatic N) is 4. The number of likely N-dealkylation sites (tertiary alicyclic amines) is 1. The molecule has 1 unspecified atom stereocenters. The molecule has 0 spiro atoms. The molecule has 1 aromatic carbocycles. The van der Waals surface area contributed by atoms with Gasteiger partial charge in [0.25, 0.3) is 0 Å². The summed E-state index contributed by atoms with van der Waals surface area (Å²) < 4.78 is 30.3. The Kier molecular flexibility index (Phi) is 6.81. The maximum absolute atomic E-state index is 12.9. The number of aromatic nitrogens is 3. The molecule has 1 atom stereocenters. The van der Waals surface area contributed by atoms with Crippen molar-refractivity contribution in [1.29, 1.82) is 0 Å². The maximum Gasteiger partial charge on any atom is 0.387 e. The Morgan fingerprint density at radius 2 is 2.21 bits per heavy atom. The van der Waals surface area contributed by atoms with Crippen LogP contribution in [-0.2, 0) is 0 Å². The summed E-state index contributed by atoms with van der Waals surface area (Å²) >= 11 is 5.93. The summed E-state index contributed by atoms with van der Waals surface area (Å²) in [4.78, 5) is 6.75. The standard InChI is InChI=1S/C19H23ClF2N6O/c1-11(23)8-15-17(14-6-5-12(20)9-16(14)29-18(21)22)26-27-19(25-15)24-13-4-3-7-28(2)10-13/h5-6,8-9,13,18H,3-4,7,10,23H2,1-2H3,(H,24,25,27). The number of likely N-dealkylation sites (N-methyl/N-ethyl adjacent to an activating group) is 1. The first-order valence-electron chi connectivity index (χ1n) is 9.20. The fourth-order valence-electron chi connectivity index (χ4n) is 3.26. The molecule has 1 saturated heterocycles. The predicted molar refractivity (Wildman–Crippen MR) is 109 cm³/mol. The Morgan fingerprint density at radius 3 is 2.90 bits per heavy atom. The van der Waals surface area contributed by atoms with Crippen molar-refractivity contribution in [3.8, 4) is 17.0 Å². The van der Waals surface area contributed by atoms with Crippen LogP contribution >= 0.6 is 11.6 Å². The highest BCUT2D eigenvalue weighted by atomic mass is 35.5.